The fourth-order valence-electron chi connectivity index (χ4n) is 5.66. The molecule has 1 amide bonds. The predicted molar refractivity (Wildman–Crippen MR) is 143 cm³/mol. The van der Waals surface area contributed by atoms with E-state index in [9.17, 15) is 13.6 Å². The third-order valence-corrected chi connectivity index (χ3v) is 7.67. The summed E-state index contributed by atoms with van der Waals surface area (Å²) in [5, 5.41) is 7.12. The van der Waals surface area contributed by atoms with Crippen molar-refractivity contribution in [1.82, 2.24) is 15.5 Å². The number of fused-ring (bicyclic) bond motifs is 1. The normalized spacial score (nSPS) is 20.5. The average Bonchev–Trinajstić information content (AvgIpc) is 2.90. The van der Waals surface area contributed by atoms with E-state index in [1.54, 1.807) is 26.3 Å². The van der Waals surface area contributed by atoms with Gasteiger partial charge in [-0.05, 0) is 62.0 Å². The Morgan fingerprint density at radius 1 is 1.24 bits per heavy atom. The summed E-state index contributed by atoms with van der Waals surface area (Å²) in [4.78, 5) is 19.0. The summed E-state index contributed by atoms with van der Waals surface area (Å²) in [7, 11) is 1.71. The molecule has 1 saturated heterocycles. The van der Waals surface area contributed by atoms with Crippen LogP contribution in [0.15, 0.2) is 29.6 Å². The quantitative estimate of drug-likeness (QED) is 0.339. The first-order valence-corrected chi connectivity index (χ1v) is 13.2. The van der Waals surface area contributed by atoms with E-state index in [4.69, 9.17) is 11.5 Å². The number of allylic oxidation sites excluding steroid dienone is 1. The number of nitrogens with zero attached hydrogens (tertiary/aromatic N) is 2. The Morgan fingerprint density at radius 3 is 2.65 bits per heavy atom. The number of halogens is 2. The lowest BCUT2D eigenvalue weighted by molar-refractivity contribution is -0.412. The number of nitrogens with one attached hydrogen (secondary N) is 3. The number of amides is 1. The van der Waals surface area contributed by atoms with E-state index in [0.29, 0.717) is 43.2 Å². The van der Waals surface area contributed by atoms with Crippen molar-refractivity contribution in [3.8, 4) is 0 Å². The molecule has 1 aromatic carbocycles. The van der Waals surface area contributed by atoms with Crippen molar-refractivity contribution in [2.24, 2.45) is 11.5 Å². The molecular formula is C27H40F2N7O+. The van der Waals surface area contributed by atoms with Gasteiger partial charge in [0.15, 0.2) is 6.21 Å². The molecule has 1 unspecified atom stereocenters. The van der Waals surface area contributed by atoms with Crippen LogP contribution >= 0.6 is 0 Å². The molecule has 0 bridgehead atoms. The summed E-state index contributed by atoms with van der Waals surface area (Å²) < 4.78 is 28.5. The second-order valence-corrected chi connectivity index (χ2v) is 10.0. The molecule has 8 nitrogen and oxygen atoms in total. The Hall–Kier alpha value is -2.98. The number of alkyl halides is 2. The van der Waals surface area contributed by atoms with Gasteiger partial charge in [0.2, 0.25) is 5.91 Å². The zero-order valence-electron chi connectivity index (χ0n) is 21.8. The van der Waals surface area contributed by atoms with E-state index in [2.05, 4.69) is 15.6 Å². The molecule has 3 aliphatic rings. The number of nitrogens with two attached hydrogens (primary N) is 2. The molecule has 10 heteroatoms. The van der Waals surface area contributed by atoms with Gasteiger partial charge in [-0.1, -0.05) is 0 Å². The van der Waals surface area contributed by atoms with Crippen molar-refractivity contribution in [2.45, 2.75) is 57.7 Å². The number of rotatable bonds is 7. The van der Waals surface area contributed by atoms with E-state index in [-0.39, 0.29) is 11.5 Å². The number of carbonyl (C=O) groups excluding carboxylic acids is 1. The number of hydrogen-bond acceptors (Lipinski definition) is 6. The number of hydrogen-bond donors (Lipinski definition) is 5. The fourth-order valence-corrected chi connectivity index (χ4v) is 5.66. The minimum absolute atomic E-state index is 0.0103. The van der Waals surface area contributed by atoms with E-state index >= 15 is 0 Å². The summed E-state index contributed by atoms with van der Waals surface area (Å²) >= 11 is 0. The molecule has 37 heavy (non-hydrogen) atoms. The molecule has 0 radical (unpaired) electrons. The predicted octanol–water partition coefficient (Wildman–Crippen LogP) is 0.590. The highest BCUT2D eigenvalue weighted by atomic mass is 19.3. The first-order valence-electron chi connectivity index (χ1n) is 13.2. The van der Waals surface area contributed by atoms with Gasteiger partial charge in [-0.3, -0.25) is 9.79 Å². The number of aryl methyl sites for hydroxylation is 1. The van der Waals surface area contributed by atoms with Crippen LogP contribution in [0.1, 0.15) is 55.7 Å². The van der Waals surface area contributed by atoms with E-state index in [0.717, 1.165) is 61.3 Å². The number of anilines is 1. The Labute approximate surface area is 217 Å². The Kier molecular flexibility index (Phi) is 8.81. The molecule has 4 rings (SSSR count). The molecular weight excluding hydrogens is 476 g/mol. The second kappa shape index (κ2) is 12.0. The molecule has 1 aromatic rings. The van der Waals surface area contributed by atoms with Crippen molar-refractivity contribution in [1.29, 1.82) is 0 Å². The van der Waals surface area contributed by atoms with Crippen molar-refractivity contribution < 1.29 is 18.6 Å². The zero-order valence-corrected chi connectivity index (χ0v) is 21.8. The first kappa shape index (κ1) is 27.1. The van der Waals surface area contributed by atoms with Gasteiger partial charge in [0.25, 0.3) is 6.43 Å². The van der Waals surface area contributed by atoms with Crippen LogP contribution in [0, 0.1) is 0 Å². The third-order valence-electron chi connectivity index (χ3n) is 7.67. The average molecular weight is 517 g/mol. The molecule has 1 atom stereocenters. The molecule has 0 spiro atoms. The SMILES string of the molecule is C[NH+]=C/C(=C\N)c1cc2c(cc1C(F)F)N(C(N)C1=C(NC3CCNCC3)CCN(C(C)=O)C1)CCC2. The second-order valence-electron chi connectivity index (χ2n) is 10.0. The Morgan fingerprint density at radius 2 is 2.00 bits per heavy atom. The highest BCUT2D eigenvalue weighted by Gasteiger charge is 2.32. The number of piperidine rings is 1. The lowest BCUT2D eigenvalue weighted by Gasteiger charge is -2.42. The fraction of sp³-hybridized carbons (Fsp3) is 0.556. The first-order chi connectivity index (χ1) is 17.8. The van der Waals surface area contributed by atoms with Crippen LogP contribution in [-0.4, -0.2) is 69.0 Å². The topological polar surface area (TPSA) is 114 Å². The maximum absolute atomic E-state index is 14.3. The molecule has 0 saturated carbocycles. The monoisotopic (exact) mass is 516 g/mol. The van der Waals surface area contributed by atoms with Crippen molar-refractivity contribution in [3.05, 3.63) is 46.3 Å². The summed E-state index contributed by atoms with van der Waals surface area (Å²) in [6.45, 7) is 5.24. The lowest BCUT2D eigenvalue weighted by atomic mass is 9.91. The van der Waals surface area contributed by atoms with Gasteiger partial charge < -0.3 is 31.9 Å². The van der Waals surface area contributed by atoms with Crippen molar-refractivity contribution in [3.63, 3.8) is 0 Å². The molecule has 0 aliphatic carbocycles. The van der Waals surface area contributed by atoms with Gasteiger partial charge >= 0.3 is 0 Å². The molecule has 1 fully saturated rings. The van der Waals surface area contributed by atoms with E-state index in [1.807, 2.05) is 15.9 Å². The van der Waals surface area contributed by atoms with Crippen LogP contribution in [-0.2, 0) is 11.2 Å². The highest BCUT2D eigenvalue weighted by Crippen LogP contribution is 2.38. The lowest BCUT2D eigenvalue weighted by Crippen LogP contribution is -2.63. The van der Waals surface area contributed by atoms with Gasteiger partial charge in [0, 0.05) is 67.7 Å². The minimum atomic E-state index is -2.67. The molecule has 7 N–H and O–H groups in total. The summed E-state index contributed by atoms with van der Waals surface area (Å²) in [5.74, 6) is 0.0103. The third kappa shape index (κ3) is 5.96. The van der Waals surface area contributed by atoms with Crippen LogP contribution in [0.4, 0.5) is 14.5 Å². The molecule has 3 heterocycles. The Bertz CT molecular complexity index is 1080. The summed E-state index contributed by atoms with van der Waals surface area (Å²) in [6.07, 6.45) is 4.15. The van der Waals surface area contributed by atoms with Gasteiger partial charge in [0.1, 0.15) is 13.2 Å². The maximum atomic E-state index is 14.3. The van der Waals surface area contributed by atoms with E-state index < -0.39 is 12.6 Å². The van der Waals surface area contributed by atoms with E-state index in [1.165, 1.54) is 6.20 Å². The van der Waals surface area contributed by atoms with Gasteiger partial charge in [-0.15, -0.1) is 0 Å². The summed E-state index contributed by atoms with van der Waals surface area (Å²) in [6, 6.07) is 3.76. The largest absolute Gasteiger partial charge is 0.404 e. The maximum Gasteiger partial charge on any atom is 0.264 e. The number of carbonyl (C=O) groups is 1. The molecule has 202 valence electrons. The van der Waals surface area contributed by atoms with Crippen LogP contribution in [0.5, 0.6) is 0 Å². The van der Waals surface area contributed by atoms with Crippen molar-refractivity contribution in [2.75, 3.05) is 44.7 Å². The van der Waals surface area contributed by atoms with Crippen molar-refractivity contribution >= 4 is 23.4 Å². The Balaban J connectivity index is 1.72. The minimum Gasteiger partial charge on any atom is -0.404 e. The van der Waals surface area contributed by atoms with Crippen LogP contribution in [0.3, 0.4) is 0 Å². The van der Waals surface area contributed by atoms with Gasteiger partial charge in [-0.2, -0.15) is 0 Å². The van der Waals surface area contributed by atoms with Crippen LogP contribution < -0.4 is 32.0 Å². The highest BCUT2D eigenvalue weighted by molar-refractivity contribution is 6.07. The zero-order chi connectivity index (χ0) is 26.5. The smallest absolute Gasteiger partial charge is 0.264 e. The van der Waals surface area contributed by atoms with Gasteiger partial charge in [-0.25, -0.2) is 8.78 Å². The summed E-state index contributed by atoms with van der Waals surface area (Å²) in [5.41, 5.74) is 17.3. The molecule has 3 aliphatic heterocycles. The molecule has 0 aromatic heterocycles. The van der Waals surface area contributed by atoms with Crippen LogP contribution in [0.2, 0.25) is 0 Å². The van der Waals surface area contributed by atoms with Crippen LogP contribution in [0.25, 0.3) is 5.57 Å². The standard InChI is InChI=1S/C27H39F2N7O/c1-17(37)35-11-7-24(34-20-5-8-33-9-6-20)23(16-35)27(31)36-10-3-4-18-12-21(19(14-30)15-32-2)22(26(28)29)13-25(18)36/h12-15,20,26-27,33-34H,3-11,16,30-31H2,1-2H3/p+1/b19-14+,32-15?. The number of benzene rings is 1. The van der Waals surface area contributed by atoms with Gasteiger partial charge in [0.05, 0.1) is 5.57 Å².